The van der Waals surface area contributed by atoms with E-state index in [0.29, 0.717) is 12.2 Å². The molecule has 0 aliphatic carbocycles. The van der Waals surface area contributed by atoms with Gasteiger partial charge in [0.05, 0.1) is 6.61 Å². The van der Waals surface area contributed by atoms with Crippen LogP contribution in [0.4, 0.5) is 4.39 Å². The SMILES string of the molecule is CC(C)(C)[Si](C)(C)OCc1ccc(B(O)O)c(F)c1. The van der Waals surface area contributed by atoms with Gasteiger partial charge in [-0.05, 0) is 29.8 Å². The first-order chi connectivity index (χ1) is 8.54. The van der Waals surface area contributed by atoms with Gasteiger partial charge in [0, 0.05) is 5.46 Å². The first kappa shape index (κ1) is 16.4. The van der Waals surface area contributed by atoms with E-state index in [1.165, 1.54) is 12.1 Å². The van der Waals surface area contributed by atoms with E-state index in [0.717, 1.165) is 0 Å². The van der Waals surface area contributed by atoms with Crippen LogP contribution < -0.4 is 5.46 Å². The summed E-state index contributed by atoms with van der Waals surface area (Å²) in [6, 6.07) is 4.33. The third-order valence-electron chi connectivity index (χ3n) is 3.75. The maximum Gasteiger partial charge on any atom is 0.491 e. The van der Waals surface area contributed by atoms with E-state index < -0.39 is 21.3 Å². The molecule has 0 aromatic heterocycles. The molecule has 19 heavy (non-hydrogen) atoms. The van der Waals surface area contributed by atoms with Crippen LogP contribution in [0.2, 0.25) is 18.1 Å². The Morgan fingerprint density at radius 2 is 1.84 bits per heavy atom. The Morgan fingerprint density at radius 3 is 2.26 bits per heavy atom. The summed E-state index contributed by atoms with van der Waals surface area (Å²) in [6.45, 7) is 11.0. The van der Waals surface area contributed by atoms with E-state index in [-0.39, 0.29) is 10.5 Å². The van der Waals surface area contributed by atoms with Crippen molar-refractivity contribution in [2.75, 3.05) is 0 Å². The Hall–Kier alpha value is -0.688. The molecule has 0 fully saturated rings. The summed E-state index contributed by atoms with van der Waals surface area (Å²) in [5, 5.41) is 18.0. The van der Waals surface area contributed by atoms with Gasteiger partial charge in [-0.1, -0.05) is 32.9 Å². The zero-order chi connectivity index (χ0) is 14.8. The second kappa shape index (κ2) is 5.75. The highest BCUT2D eigenvalue weighted by atomic mass is 28.4. The lowest BCUT2D eigenvalue weighted by atomic mass is 9.79. The summed E-state index contributed by atoms with van der Waals surface area (Å²) in [7, 11) is -3.64. The quantitative estimate of drug-likeness (QED) is 0.832. The number of rotatable bonds is 4. The Balaban J connectivity index is 2.77. The summed E-state index contributed by atoms with van der Waals surface area (Å²) in [4.78, 5) is 0. The molecule has 0 spiro atoms. The van der Waals surface area contributed by atoms with Crippen molar-refractivity contribution in [2.24, 2.45) is 0 Å². The smallest absolute Gasteiger partial charge is 0.423 e. The van der Waals surface area contributed by atoms with Gasteiger partial charge in [0.1, 0.15) is 5.82 Å². The highest BCUT2D eigenvalue weighted by Crippen LogP contribution is 2.37. The van der Waals surface area contributed by atoms with Crippen molar-refractivity contribution >= 4 is 20.9 Å². The fraction of sp³-hybridized carbons (Fsp3) is 0.538. The zero-order valence-corrected chi connectivity index (χ0v) is 13.2. The van der Waals surface area contributed by atoms with Crippen molar-refractivity contribution < 1.29 is 18.9 Å². The van der Waals surface area contributed by atoms with Gasteiger partial charge in [0.15, 0.2) is 8.32 Å². The molecule has 0 saturated carbocycles. The summed E-state index contributed by atoms with van der Waals surface area (Å²) in [6.07, 6.45) is 0. The molecule has 1 rings (SSSR count). The van der Waals surface area contributed by atoms with Crippen LogP contribution in [-0.4, -0.2) is 25.5 Å². The van der Waals surface area contributed by atoms with Gasteiger partial charge in [-0.15, -0.1) is 0 Å². The molecule has 0 aliphatic heterocycles. The van der Waals surface area contributed by atoms with E-state index >= 15 is 0 Å². The Morgan fingerprint density at radius 1 is 1.26 bits per heavy atom. The van der Waals surface area contributed by atoms with Crippen LogP contribution in [0.3, 0.4) is 0 Å². The highest BCUT2D eigenvalue weighted by Gasteiger charge is 2.37. The maximum atomic E-state index is 13.6. The largest absolute Gasteiger partial charge is 0.491 e. The van der Waals surface area contributed by atoms with E-state index in [4.69, 9.17) is 14.5 Å². The second-order valence-electron chi connectivity index (χ2n) is 6.28. The van der Waals surface area contributed by atoms with Crippen LogP contribution in [0.5, 0.6) is 0 Å². The van der Waals surface area contributed by atoms with E-state index in [1.807, 2.05) is 0 Å². The van der Waals surface area contributed by atoms with Gasteiger partial charge in [0.25, 0.3) is 0 Å². The molecule has 1 aromatic rings. The first-order valence-corrected chi connectivity index (χ1v) is 9.24. The second-order valence-corrected chi connectivity index (χ2v) is 11.1. The summed E-state index contributed by atoms with van der Waals surface area (Å²) in [5.74, 6) is -0.619. The molecule has 106 valence electrons. The predicted molar refractivity (Wildman–Crippen MR) is 78.2 cm³/mol. The van der Waals surface area contributed by atoms with E-state index in [9.17, 15) is 4.39 Å². The van der Waals surface area contributed by atoms with Gasteiger partial charge in [-0.25, -0.2) is 4.39 Å². The molecule has 0 bridgehead atoms. The normalized spacial score (nSPS) is 12.6. The molecule has 1 aromatic carbocycles. The Kier molecular flexibility index (Phi) is 4.95. The van der Waals surface area contributed by atoms with E-state index in [2.05, 4.69) is 33.9 Å². The van der Waals surface area contributed by atoms with Gasteiger partial charge in [0.2, 0.25) is 0 Å². The Bertz CT molecular complexity index is 444. The van der Waals surface area contributed by atoms with Crippen molar-refractivity contribution in [2.45, 2.75) is 45.5 Å². The third-order valence-corrected chi connectivity index (χ3v) is 8.23. The molecule has 6 heteroatoms. The average molecular weight is 284 g/mol. The molecule has 3 nitrogen and oxygen atoms in total. The lowest BCUT2D eigenvalue weighted by molar-refractivity contribution is 0.276. The third kappa shape index (κ3) is 4.14. The number of halogens is 1. The Labute approximate surface area is 115 Å². The zero-order valence-electron chi connectivity index (χ0n) is 12.2. The molecule has 2 N–H and O–H groups in total. The monoisotopic (exact) mass is 284 g/mol. The minimum Gasteiger partial charge on any atom is -0.423 e. The van der Waals surface area contributed by atoms with Crippen LogP contribution in [-0.2, 0) is 11.0 Å². The standard InChI is InChI=1S/C13H22BFO3Si/c1-13(2,3)19(4,5)18-9-10-6-7-11(14(16)17)12(15)8-10/h6-8,16-17H,9H2,1-5H3. The topological polar surface area (TPSA) is 49.7 Å². The lowest BCUT2D eigenvalue weighted by Crippen LogP contribution is -2.40. The van der Waals surface area contributed by atoms with Crippen molar-refractivity contribution in [3.8, 4) is 0 Å². The fourth-order valence-electron chi connectivity index (χ4n) is 1.35. The number of benzene rings is 1. The van der Waals surface area contributed by atoms with Crippen LogP contribution >= 0.6 is 0 Å². The molecule has 0 aliphatic rings. The molecule has 0 atom stereocenters. The minimum atomic E-state index is -1.86. The highest BCUT2D eigenvalue weighted by molar-refractivity contribution is 6.74. The van der Waals surface area contributed by atoms with Crippen LogP contribution in [0.25, 0.3) is 0 Å². The molecule has 0 amide bonds. The van der Waals surface area contributed by atoms with Crippen LogP contribution in [0, 0.1) is 5.82 Å². The van der Waals surface area contributed by atoms with Gasteiger partial charge in [-0.2, -0.15) is 0 Å². The lowest BCUT2D eigenvalue weighted by Gasteiger charge is -2.36. The van der Waals surface area contributed by atoms with Crippen molar-refractivity contribution in [3.63, 3.8) is 0 Å². The molecular formula is C13H22BFO3Si. The predicted octanol–water partition coefficient (Wildman–Crippen LogP) is 2.03. The van der Waals surface area contributed by atoms with Gasteiger partial charge < -0.3 is 14.5 Å². The minimum absolute atomic E-state index is 0.104. The van der Waals surface area contributed by atoms with Gasteiger partial charge in [-0.3, -0.25) is 0 Å². The number of hydrogen-bond donors (Lipinski definition) is 2. The first-order valence-electron chi connectivity index (χ1n) is 6.33. The van der Waals surface area contributed by atoms with Crippen molar-refractivity contribution in [1.29, 1.82) is 0 Å². The maximum absolute atomic E-state index is 13.6. The molecular weight excluding hydrogens is 262 g/mol. The van der Waals surface area contributed by atoms with Crippen LogP contribution in [0.1, 0.15) is 26.3 Å². The van der Waals surface area contributed by atoms with Crippen LogP contribution in [0.15, 0.2) is 18.2 Å². The molecule has 0 radical (unpaired) electrons. The average Bonchev–Trinajstić information content (AvgIpc) is 2.24. The number of hydrogen-bond acceptors (Lipinski definition) is 3. The molecule has 0 saturated heterocycles. The molecule has 0 unspecified atom stereocenters. The van der Waals surface area contributed by atoms with Crippen molar-refractivity contribution in [1.82, 2.24) is 0 Å². The summed E-state index contributed by atoms with van der Waals surface area (Å²) in [5.41, 5.74) is 0.586. The summed E-state index contributed by atoms with van der Waals surface area (Å²) >= 11 is 0. The van der Waals surface area contributed by atoms with Gasteiger partial charge >= 0.3 is 7.12 Å². The fourth-order valence-corrected chi connectivity index (χ4v) is 2.31. The van der Waals surface area contributed by atoms with E-state index in [1.54, 1.807) is 6.07 Å². The van der Waals surface area contributed by atoms with Crippen molar-refractivity contribution in [3.05, 3.63) is 29.6 Å². The molecule has 0 heterocycles. The summed E-state index contributed by atoms with van der Waals surface area (Å²) < 4.78 is 19.6.